The van der Waals surface area contributed by atoms with Crippen molar-refractivity contribution >= 4 is 22.6 Å². The summed E-state index contributed by atoms with van der Waals surface area (Å²) in [6.45, 7) is 2.37. The quantitative estimate of drug-likeness (QED) is 0.351. The Labute approximate surface area is 231 Å². The van der Waals surface area contributed by atoms with E-state index in [1.807, 2.05) is 0 Å². The second-order valence-electron chi connectivity index (χ2n) is 11.4. The highest BCUT2D eigenvalue weighted by Gasteiger charge is 2.46. The molecule has 2 aliphatic heterocycles. The molecule has 0 aromatic heterocycles. The fraction of sp³-hybridized carbons (Fsp3) is 0.189. The van der Waals surface area contributed by atoms with Crippen LogP contribution in [-0.4, -0.2) is 11.6 Å². The standard InChI is InChI=1S/C37H32N2/c1-37-23-9-8-19-33(37)32-18-4-7-22-36(32)39(37)29-15-11-13-27(25-29)26-12-10-14-28(24-26)38-34-20-5-2-16-30(34)31-17-3-6-21-35(31)38/h2-9,11-13,15-25,30,33-34H,10,14H2,1H3. The number of benzene rings is 3. The second kappa shape index (κ2) is 8.61. The Morgan fingerprint density at radius 1 is 0.769 bits per heavy atom. The van der Waals surface area contributed by atoms with E-state index >= 15 is 0 Å². The van der Waals surface area contributed by atoms with Gasteiger partial charge in [0.25, 0.3) is 0 Å². The van der Waals surface area contributed by atoms with Crippen LogP contribution in [0, 0.1) is 0 Å². The number of anilines is 3. The first-order chi connectivity index (χ1) is 19.2. The topological polar surface area (TPSA) is 6.48 Å². The molecule has 39 heavy (non-hydrogen) atoms. The third-order valence-electron chi connectivity index (χ3n) is 9.27. The number of nitrogens with zero attached hydrogens (tertiary/aromatic N) is 2. The summed E-state index contributed by atoms with van der Waals surface area (Å²) < 4.78 is 0. The van der Waals surface area contributed by atoms with E-state index in [9.17, 15) is 0 Å². The number of rotatable bonds is 3. The molecule has 0 saturated carbocycles. The van der Waals surface area contributed by atoms with Gasteiger partial charge in [0.15, 0.2) is 0 Å². The van der Waals surface area contributed by atoms with Gasteiger partial charge < -0.3 is 9.80 Å². The van der Waals surface area contributed by atoms with Crippen molar-refractivity contribution in [3.63, 3.8) is 0 Å². The molecule has 5 aliphatic rings. The Kier molecular flexibility index (Phi) is 5.00. The molecule has 2 heteroatoms. The zero-order chi connectivity index (χ0) is 26.0. The molecule has 3 aliphatic carbocycles. The Morgan fingerprint density at radius 3 is 2.49 bits per heavy atom. The zero-order valence-corrected chi connectivity index (χ0v) is 22.2. The molecule has 8 rings (SSSR count). The zero-order valence-electron chi connectivity index (χ0n) is 22.2. The molecule has 0 saturated heterocycles. The molecule has 0 radical (unpaired) electrons. The van der Waals surface area contributed by atoms with Crippen LogP contribution in [0.4, 0.5) is 17.1 Å². The predicted molar refractivity (Wildman–Crippen MR) is 163 cm³/mol. The molecular weight excluding hydrogens is 472 g/mol. The molecule has 2 nitrogen and oxygen atoms in total. The first-order valence-corrected chi connectivity index (χ1v) is 14.2. The fourth-order valence-corrected chi connectivity index (χ4v) is 7.51. The lowest BCUT2D eigenvalue weighted by Crippen LogP contribution is -2.41. The van der Waals surface area contributed by atoms with Gasteiger partial charge in [-0.2, -0.15) is 0 Å². The van der Waals surface area contributed by atoms with Gasteiger partial charge in [-0.25, -0.2) is 0 Å². The fourth-order valence-electron chi connectivity index (χ4n) is 7.51. The summed E-state index contributed by atoms with van der Waals surface area (Å²) in [5.74, 6) is 0.773. The number of para-hydroxylation sites is 2. The average Bonchev–Trinajstić information content (AvgIpc) is 3.46. The number of hydrogen-bond acceptors (Lipinski definition) is 2. The maximum atomic E-state index is 2.60. The van der Waals surface area contributed by atoms with Gasteiger partial charge in [-0.3, -0.25) is 0 Å². The number of hydrogen-bond donors (Lipinski definition) is 0. The van der Waals surface area contributed by atoms with Gasteiger partial charge in [0.05, 0.1) is 11.6 Å². The van der Waals surface area contributed by atoms with E-state index in [0.29, 0.717) is 17.9 Å². The molecular formula is C37H32N2. The molecule has 190 valence electrons. The summed E-state index contributed by atoms with van der Waals surface area (Å²) in [6, 6.07) is 27.4. The van der Waals surface area contributed by atoms with E-state index in [0.717, 1.165) is 12.8 Å². The summed E-state index contributed by atoms with van der Waals surface area (Å²) in [6.07, 6.45) is 25.3. The molecule has 4 atom stereocenters. The molecule has 3 aromatic carbocycles. The largest absolute Gasteiger partial charge is 0.337 e. The Hall–Kier alpha value is -4.30. The van der Waals surface area contributed by atoms with E-state index in [-0.39, 0.29) is 5.54 Å². The van der Waals surface area contributed by atoms with Crippen LogP contribution >= 0.6 is 0 Å². The van der Waals surface area contributed by atoms with E-state index in [1.165, 1.54) is 45.0 Å². The lowest BCUT2D eigenvalue weighted by Gasteiger charge is -2.39. The van der Waals surface area contributed by atoms with E-state index in [1.54, 1.807) is 0 Å². The first-order valence-electron chi connectivity index (χ1n) is 14.2. The van der Waals surface area contributed by atoms with Crippen molar-refractivity contribution in [2.24, 2.45) is 0 Å². The van der Waals surface area contributed by atoms with E-state index in [4.69, 9.17) is 0 Å². The predicted octanol–water partition coefficient (Wildman–Crippen LogP) is 8.97. The summed E-state index contributed by atoms with van der Waals surface area (Å²) in [5, 5.41) is 0. The van der Waals surface area contributed by atoms with Crippen LogP contribution in [0.5, 0.6) is 0 Å². The summed E-state index contributed by atoms with van der Waals surface area (Å²) in [7, 11) is 0. The number of fused-ring (bicyclic) bond motifs is 6. The molecule has 3 aromatic rings. The van der Waals surface area contributed by atoms with Crippen molar-refractivity contribution < 1.29 is 0 Å². The molecule has 0 fully saturated rings. The molecule has 0 bridgehead atoms. The molecule has 0 spiro atoms. The smallest absolute Gasteiger partial charge is 0.0712 e. The van der Waals surface area contributed by atoms with Crippen LogP contribution in [0.2, 0.25) is 0 Å². The van der Waals surface area contributed by atoms with Crippen molar-refractivity contribution in [1.82, 2.24) is 0 Å². The third-order valence-corrected chi connectivity index (χ3v) is 9.27. The Morgan fingerprint density at radius 2 is 1.56 bits per heavy atom. The van der Waals surface area contributed by atoms with Gasteiger partial charge in [0.1, 0.15) is 0 Å². The van der Waals surface area contributed by atoms with Crippen molar-refractivity contribution in [2.75, 3.05) is 9.80 Å². The highest BCUT2D eigenvalue weighted by Crippen LogP contribution is 2.54. The Balaban J connectivity index is 1.18. The van der Waals surface area contributed by atoms with E-state index in [2.05, 4.69) is 150 Å². The summed E-state index contributed by atoms with van der Waals surface area (Å²) in [4.78, 5) is 5.14. The highest BCUT2D eigenvalue weighted by atomic mass is 15.2. The number of allylic oxidation sites excluding steroid dienone is 8. The van der Waals surface area contributed by atoms with Gasteiger partial charge >= 0.3 is 0 Å². The van der Waals surface area contributed by atoms with Gasteiger partial charge in [0, 0.05) is 34.6 Å². The van der Waals surface area contributed by atoms with Crippen LogP contribution in [0.3, 0.4) is 0 Å². The normalized spacial score (nSPS) is 27.6. The Bertz CT molecular complexity index is 1660. The monoisotopic (exact) mass is 504 g/mol. The maximum absolute atomic E-state index is 2.60. The average molecular weight is 505 g/mol. The van der Waals surface area contributed by atoms with Crippen LogP contribution in [0.25, 0.3) is 5.57 Å². The highest BCUT2D eigenvalue weighted by molar-refractivity contribution is 5.83. The molecule has 0 N–H and O–H groups in total. The summed E-state index contributed by atoms with van der Waals surface area (Å²) in [5.41, 5.74) is 10.7. The van der Waals surface area contributed by atoms with Crippen LogP contribution < -0.4 is 9.80 Å². The first kappa shape index (κ1) is 22.7. The minimum Gasteiger partial charge on any atom is -0.337 e. The SMILES string of the molecule is CC12C=CC=CC1c1ccccc1N2c1cccc(C2=CCCC(N3c4ccccc4C4C=CC=CC43)=C2)c1. The van der Waals surface area contributed by atoms with Crippen LogP contribution in [0.1, 0.15) is 48.3 Å². The van der Waals surface area contributed by atoms with Crippen molar-refractivity contribution in [3.05, 3.63) is 156 Å². The van der Waals surface area contributed by atoms with Crippen molar-refractivity contribution in [2.45, 2.75) is 43.2 Å². The maximum Gasteiger partial charge on any atom is 0.0712 e. The van der Waals surface area contributed by atoms with Crippen LogP contribution in [-0.2, 0) is 0 Å². The summed E-state index contributed by atoms with van der Waals surface area (Å²) >= 11 is 0. The van der Waals surface area contributed by atoms with Gasteiger partial charge in [-0.15, -0.1) is 0 Å². The minimum absolute atomic E-state index is 0.117. The van der Waals surface area contributed by atoms with E-state index < -0.39 is 0 Å². The second-order valence-corrected chi connectivity index (χ2v) is 11.4. The van der Waals surface area contributed by atoms with Crippen molar-refractivity contribution in [1.29, 1.82) is 0 Å². The van der Waals surface area contributed by atoms with Crippen molar-refractivity contribution in [3.8, 4) is 0 Å². The lowest BCUT2D eigenvalue weighted by molar-refractivity contribution is 0.542. The van der Waals surface area contributed by atoms with Crippen LogP contribution in [0.15, 0.2) is 139 Å². The van der Waals surface area contributed by atoms with Gasteiger partial charge in [0.2, 0.25) is 0 Å². The minimum atomic E-state index is -0.117. The molecule has 2 heterocycles. The third kappa shape index (κ3) is 3.34. The molecule has 0 amide bonds. The van der Waals surface area contributed by atoms with Gasteiger partial charge in [-0.1, -0.05) is 103 Å². The van der Waals surface area contributed by atoms with Gasteiger partial charge in [-0.05, 0) is 72.4 Å². The lowest BCUT2D eigenvalue weighted by atomic mass is 9.80. The molecule has 4 unspecified atom stereocenters.